The Morgan fingerprint density at radius 3 is 2.38 bits per heavy atom. The van der Waals surface area contributed by atoms with Crippen LogP contribution in [0, 0.1) is 17.8 Å². The number of Topliss-reactive ketones (excluding diaryl/α,β-unsaturated/α-hetero) is 1. The summed E-state index contributed by atoms with van der Waals surface area (Å²) in [6.07, 6.45) is 0.749. The third-order valence-corrected chi connectivity index (χ3v) is 3.47. The summed E-state index contributed by atoms with van der Waals surface area (Å²) in [6.45, 7) is 4.41. The summed E-state index contributed by atoms with van der Waals surface area (Å²) in [5.74, 6) is 5.65. The standard InChI is InChI=1S/C18H25NO2/c1-15(2)18(21,16-11-7-5-8-12-16)17(20)13-9-6-10-14-19(3)4/h5,7-8,11-12,15,21H,9,13-14H2,1-4H3/t18-/m0/s1. The number of nitrogens with zero attached hydrogens (tertiary/aromatic N) is 1. The third-order valence-electron chi connectivity index (χ3n) is 3.47. The van der Waals surface area contributed by atoms with Gasteiger partial charge in [0.1, 0.15) is 5.60 Å². The van der Waals surface area contributed by atoms with Gasteiger partial charge in [0, 0.05) is 12.8 Å². The number of carbonyl (C=O) groups excluding carboxylic acids is 1. The normalized spacial score (nSPS) is 13.7. The highest BCUT2D eigenvalue weighted by Gasteiger charge is 2.39. The van der Waals surface area contributed by atoms with E-state index in [1.165, 1.54) is 0 Å². The van der Waals surface area contributed by atoms with Crippen molar-refractivity contribution in [1.29, 1.82) is 0 Å². The molecule has 1 atom stereocenters. The van der Waals surface area contributed by atoms with E-state index in [1.807, 2.05) is 51.0 Å². The van der Waals surface area contributed by atoms with Gasteiger partial charge in [-0.25, -0.2) is 0 Å². The second-order valence-electron chi connectivity index (χ2n) is 5.80. The van der Waals surface area contributed by atoms with E-state index in [2.05, 4.69) is 11.8 Å². The summed E-state index contributed by atoms with van der Waals surface area (Å²) in [6, 6.07) is 9.16. The van der Waals surface area contributed by atoms with E-state index in [-0.39, 0.29) is 18.1 Å². The zero-order chi connectivity index (χ0) is 15.9. The number of hydrogen-bond donors (Lipinski definition) is 1. The Balaban J connectivity index is 2.77. The highest BCUT2D eigenvalue weighted by Crippen LogP contribution is 2.31. The van der Waals surface area contributed by atoms with E-state index in [9.17, 15) is 9.90 Å². The molecule has 0 saturated carbocycles. The first-order valence-electron chi connectivity index (χ1n) is 7.30. The molecule has 0 bridgehead atoms. The average Bonchev–Trinajstić information content (AvgIpc) is 2.46. The summed E-state index contributed by atoms with van der Waals surface area (Å²) < 4.78 is 0. The lowest BCUT2D eigenvalue weighted by Crippen LogP contribution is -2.40. The van der Waals surface area contributed by atoms with Gasteiger partial charge < -0.3 is 5.11 Å². The molecule has 1 aromatic rings. The Labute approximate surface area is 128 Å². The molecule has 3 heteroatoms. The Bertz CT molecular complexity index is 511. The lowest BCUT2D eigenvalue weighted by molar-refractivity contribution is -0.143. The maximum atomic E-state index is 12.5. The summed E-state index contributed by atoms with van der Waals surface area (Å²) in [5.41, 5.74) is -0.768. The summed E-state index contributed by atoms with van der Waals surface area (Å²) in [7, 11) is 3.90. The van der Waals surface area contributed by atoms with E-state index < -0.39 is 5.60 Å². The van der Waals surface area contributed by atoms with Gasteiger partial charge in [-0.1, -0.05) is 50.1 Å². The van der Waals surface area contributed by atoms with Gasteiger partial charge in [0.05, 0.1) is 6.54 Å². The molecule has 0 aromatic heterocycles. The number of ketones is 1. The molecule has 0 amide bonds. The quantitative estimate of drug-likeness (QED) is 0.817. The van der Waals surface area contributed by atoms with Crippen LogP contribution in [0.1, 0.15) is 32.3 Å². The van der Waals surface area contributed by atoms with Crippen LogP contribution in [0.3, 0.4) is 0 Å². The Morgan fingerprint density at radius 1 is 1.24 bits per heavy atom. The van der Waals surface area contributed by atoms with Gasteiger partial charge in [0.25, 0.3) is 0 Å². The van der Waals surface area contributed by atoms with Gasteiger partial charge in [0.2, 0.25) is 0 Å². The number of rotatable bonds is 6. The highest BCUT2D eigenvalue weighted by atomic mass is 16.3. The van der Waals surface area contributed by atoms with Crippen molar-refractivity contribution in [3.8, 4) is 11.8 Å². The molecule has 1 rings (SSSR count). The predicted octanol–water partition coefficient (Wildman–Crippen LogP) is 2.44. The van der Waals surface area contributed by atoms with Gasteiger partial charge in [-0.3, -0.25) is 9.69 Å². The van der Waals surface area contributed by atoms with Crippen LogP contribution in [0.25, 0.3) is 0 Å². The minimum atomic E-state index is -1.43. The van der Waals surface area contributed by atoms with Crippen LogP contribution in [0.4, 0.5) is 0 Å². The first kappa shape index (κ1) is 17.4. The SMILES string of the molecule is CC(C)[C@@](O)(C(=O)CCC#CCN(C)C)c1ccccc1. The van der Waals surface area contributed by atoms with Crippen molar-refractivity contribution in [3.05, 3.63) is 35.9 Å². The molecule has 0 fully saturated rings. The zero-order valence-corrected chi connectivity index (χ0v) is 13.4. The molecule has 114 valence electrons. The van der Waals surface area contributed by atoms with E-state index in [1.54, 1.807) is 12.1 Å². The highest BCUT2D eigenvalue weighted by molar-refractivity contribution is 5.88. The van der Waals surface area contributed by atoms with Gasteiger partial charge in [0.15, 0.2) is 5.78 Å². The minimum absolute atomic E-state index is 0.164. The molecule has 0 aliphatic rings. The van der Waals surface area contributed by atoms with Crippen molar-refractivity contribution in [1.82, 2.24) is 4.90 Å². The van der Waals surface area contributed by atoms with Crippen molar-refractivity contribution in [3.63, 3.8) is 0 Å². The van der Waals surface area contributed by atoms with Gasteiger partial charge >= 0.3 is 0 Å². The van der Waals surface area contributed by atoms with Crippen LogP contribution in [-0.4, -0.2) is 36.4 Å². The number of hydrogen-bond acceptors (Lipinski definition) is 3. The van der Waals surface area contributed by atoms with Crippen LogP contribution in [0.2, 0.25) is 0 Å². The molecule has 0 aliphatic heterocycles. The fourth-order valence-electron chi connectivity index (χ4n) is 2.18. The van der Waals surface area contributed by atoms with Gasteiger partial charge in [-0.2, -0.15) is 0 Å². The van der Waals surface area contributed by atoms with Crippen molar-refractivity contribution in [2.24, 2.45) is 5.92 Å². The molecular formula is C18H25NO2. The summed E-state index contributed by atoms with van der Waals surface area (Å²) >= 11 is 0. The molecule has 0 heterocycles. The van der Waals surface area contributed by atoms with Crippen LogP contribution < -0.4 is 0 Å². The fraction of sp³-hybridized carbons (Fsp3) is 0.500. The van der Waals surface area contributed by atoms with Crippen molar-refractivity contribution >= 4 is 5.78 Å². The molecule has 0 aliphatic carbocycles. The van der Waals surface area contributed by atoms with Crippen molar-refractivity contribution < 1.29 is 9.90 Å². The zero-order valence-electron chi connectivity index (χ0n) is 13.4. The summed E-state index contributed by atoms with van der Waals surface area (Å²) in [5, 5.41) is 10.9. The molecule has 0 unspecified atom stereocenters. The van der Waals surface area contributed by atoms with Crippen LogP contribution in [-0.2, 0) is 10.4 Å². The fourth-order valence-corrected chi connectivity index (χ4v) is 2.18. The maximum Gasteiger partial charge on any atom is 0.170 e. The van der Waals surface area contributed by atoms with Crippen molar-refractivity contribution in [2.45, 2.75) is 32.3 Å². The van der Waals surface area contributed by atoms with E-state index >= 15 is 0 Å². The van der Waals surface area contributed by atoms with E-state index in [4.69, 9.17) is 0 Å². The summed E-state index contributed by atoms with van der Waals surface area (Å²) in [4.78, 5) is 14.5. The van der Waals surface area contributed by atoms with E-state index in [0.717, 1.165) is 0 Å². The molecule has 0 saturated heterocycles. The Kier molecular flexibility index (Phi) is 6.61. The smallest absolute Gasteiger partial charge is 0.170 e. The van der Waals surface area contributed by atoms with Crippen molar-refractivity contribution in [2.75, 3.05) is 20.6 Å². The minimum Gasteiger partial charge on any atom is -0.377 e. The van der Waals surface area contributed by atoms with Gasteiger partial charge in [-0.05, 0) is 25.6 Å². The number of benzene rings is 1. The van der Waals surface area contributed by atoms with Crippen LogP contribution >= 0.6 is 0 Å². The van der Waals surface area contributed by atoms with Gasteiger partial charge in [-0.15, -0.1) is 5.92 Å². The topological polar surface area (TPSA) is 40.5 Å². The molecule has 3 nitrogen and oxygen atoms in total. The first-order chi connectivity index (χ1) is 9.89. The Hall–Kier alpha value is -1.63. The third kappa shape index (κ3) is 4.70. The second kappa shape index (κ2) is 7.97. The predicted molar refractivity (Wildman–Crippen MR) is 85.7 cm³/mol. The van der Waals surface area contributed by atoms with Crippen LogP contribution in [0.15, 0.2) is 30.3 Å². The Morgan fingerprint density at radius 2 is 1.86 bits per heavy atom. The van der Waals surface area contributed by atoms with E-state index in [0.29, 0.717) is 18.5 Å². The van der Waals surface area contributed by atoms with Crippen LogP contribution in [0.5, 0.6) is 0 Å². The molecule has 1 N–H and O–H groups in total. The molecular weight excluding hydrogens is 262 g/mol. The largest absolute Gasteiger partial charge is 0.377 e. The lowest BCUT2D eigenvalue weighted by atomic mass is 9.78. The maximum absolute atomic E-state index is 12.5. The number of aliphatic hydroxyl groups is 1. The monoisotopic (exact) mass is 287 g/mol. The second-order valence-corrected chi connectivity index (χ2v) is 5.80. The molecule has 1 aromatic carbocycles. The average molecular weight is 287 g/mol. The molecule has 0 radical (unpaired) electrons. The molecule has 0 spiro atoms. The number of carbonyl (C=O) groups is 1. The lowest BCUT2D eigenvalue weighted by Gasteiger charge is -2.31. The molecule has 21 heavy (non-hydrogen) atoms. The first-order valence-corrected chi connectivity index (χ1v) is 7.30.